The highest BCUT2D eigenvalue weighted by atomic mass is 127. The third kappa shape index (κ3) is 6.44. The molecule has 3 rings (SSSR count). The number of aliphatic imine (C=N–C) groups is 1. The molecule has 0 aromatic carbocycles. The van der Waals surface area contributed by atoms with Crippen molar-refractivity contribution in [2.45, 2.75) is 75.4 Å². The van der Waals surface area contributed by atoms with E-state index in [9.17, 15) is 0 Å². The standard InChI is InChI=1S/C21H41N5O.HI/c1-22-20(23-17-21(25(2)3)11-15-27-16-12-21)24-18-9-13-26(14-10-18)19-7-5-4-6-8-19;/h18-19H,4-17H2,1-3H3,(H2,22,23,24);1H. The number of halogens is 1. The van der Waals surface area contributed by atoms with Crippen LogP contribution in [0.5, 0.6) is 0 Å². The quantitative estimate of drug-likeness (QED) is 0.341. The molecule has 0 spiro atoms. The van der Waals surface area contributed by atoms with E-state index in [-0.39, 0.29) is 29.5 Å². The summed E-state index contributed by atoms with van der Waals surface area (Å²) in [6.07, 6.45) is 11.7. The Kier molecular flexibility index (Phi) is 10.3. The van der Waals surface area contributed by atoms with Gasteiger partial charge in [0.1, 0.15) is 0 Å². The van der Waals surface area contributed by atoms with Gasteiger partial charge in [-0.15, -0.1) is 24.0 Å². The molecule has 0 amide bonds. The third-order valence-electron chi connectivity index (χ3n) is 7.14. The largest absolute Gasteiger partial charge is 0.381 e. The van der Waals surface area contributed by atoms with Crippen LogP contribution in [-0.2, 0) is 4.74 Å². The number of likely N-dealkylation sites (N-methyl/N-ethyl adjacent to an activating group) is 1. The van der Waals surface area contributed by atoms with Crippen LogP contribution < -0.4 is 10.6 Å². The summed E-state index contributed by atoms with van der Waals surface area (Å²) < 4.78 is 5.58. The first kappa shape index (κ1) is 24.2. The van der Waals surface area contributed by atoms with E-state index >= 15 is 0 Å². The number of nitrogens with zero attached hydrogens (tertiary/aromatic N) is 3. The maximum absolute atomic E-state index is 5.58. The van der Waals surface area contributed by atoms with Crippen molar-refractivity contribution < 1.29 is 4.74 Å². The number of nitrogens with one attached hydrogen (secondary N) is 2. The minimum atomic E-state index is 0. The first-order valence-corrected chi connectivity index (χ1v) is 11.1. The molecular formula is C21H42IN5O. The fourth-order valence-corrected chi connectivity index (χ4v) is 5.02. The highest BCUT2D eigenvalue weighted by molar-refractivity contribution is 14.0. The SMILES string of the molecule is CN=C(NCC1(N(C)C)CCOCC1)NC1CCN(C2CCCCC2)CC1.I. The van der Waals surface area contributed by atoms with Crippen molar-refractivity contribution in [2.75, 3.05) is 54.0 Å². The Labute approximate surface area is 189 Å². The van der Waals surface area contributed by atoms with Crippen molar-refractivity contribution >= 4 is 29.9 Å². The number of hydrogen-bond acceptors (Lipinski definition) is 4. The summed E-state index contributed by atoms with van der Waals surface area (Å²) in [5.74, 6) is 0.957. The van der Waals surface area contributed by atoms with Crippen LogP contribution in [0, 0.1) is 0 Å². The van der Waals surface area contributed by atoms with Crippen LogP contribution in [0.4, 0.5) is 0 Å². The smallest absolute Gasteiger partial charge is 0.191 e. The molecule has 0 unspecified atom stereocenters. The van der Waals surface area contributed by atoms with E-state index in [1.54, 1.807) is 0 Å². The van der Waals surface area contributed by atoms with Crippen LogP contribution in [0.2, 0.25) is 0 Å². The summed E-state index contributed by atoms with van der Waals surface area (Å²) in [5, 5.41) is 7.30. The van der Waals surface area contributed by atoms with Gasteiger partial charge in [0.05, 0.1) is 0 Å². The summed E-state index contributed by atoms with van der Waals surface area (Å²) >= 11 is 0. The molecule has 0 aromatic heterocycles. The second kappa shape index (κ2) is 11.9. The van der Waals surface area contributed by atoms with E-state index in [0.29, 0.717) is 6.04 Å². The predicted molar refractivity (Wildman–Crippen MR) is 128 cm³/mol. The van der Waals surface area contributed by atoms with Gasteiger partial charge in [-0.2, -0.15) is 0 Å². The number of ether oxygens (including phenoxy) is 1. The Morgan fingerprint density at radius 3 is 2.29 bits per heavy atom. The van der Waals surface area contributed by atoms with Gasteiger partial charge in [0.15, 0.2) is 5.96 Å². The van der Waals surface area contributed by atoms with E-state index < -0.39 is 0 Å². The van der Waals surface area contributed by atoms with Gasteiger partial charge >= 0.3 is 0 Å². The Morgan fingerprint density at radius 1 is 1.07 bits per heavy atom. The average Bonchev–Trinajstić information content (AvgIpc) is 2.73. The van der Waals surface area contributed by atoms with Gasteiger partial charge in [-0.3, -0.25) is 4.99 Å². The fourth-order valence-electron chi connectivity index (χ4n) is 5.02. The summed E-state index contributed by atoms with van der Waals surface area (Å²) in [7, 11) is 6.26. The van der Waals surface area contributed by atoms with Gasteiger partial charge in [-0.25, -0.2) is 0 Å². The molecule has 1 saturated carbocycles. The zero-order valence-corrected chi connectivity index (χ0v) is 20.5. The second-order valence-corrected chi connectivity index (χ2v) is 8.90. The molecule has 164 valence electrons. The number of hydrogen-bond donors (Lipinski definition) is 2. The summed E-state index contributed by atoms with van der Waals surface area (Å²) in [6, 6.07) is 1.40. The van der Waals surface area contributed by atoms with E-state index in [1.807, 2.05) is 7.05 Å². The molecule has 0 bridgehead atoms. The molecule has 2 aliphatic heterocycles. The third-order valence-corrected chi connectivity index (χ3v) is 7.14. The fraction of sp³-hybridized carbons (Fsp3) is 0.952. The van der Waals surface area contributed by atoms with E-state index in [4.69, 9.17) is 4.74 Å². The Balaban J connectivity index is 0.00000280. The van der Waals surface area contributed by atoms with Crippen molar-refractivity contribution in [3.8, 4) is 0 Å². The number of likely N-dealkylation sites (tertiary alicyclic amines) is 1. The molecule has 28 heavy (non-hydrogen) atoms. The molecule has 6 nitrogen and oxygen atoms in total. The molecule has 2 N–H and O–H groups in total. The van der Waals surface area contributed by atoms with Crippen molar-refractivity contribution in [3.63, 3.8) is 0 Å². The van der Waals surface area contributed by atoms with Crippen molar-refractivity contribution in [2.24, 2.45) is 4.99 Å². The molecule has 0 aromatic rings. The van der Waals surface area contributed by atoms with Gasteiger partial charge in [-0.05, 0) is 52.6 Å². The topological polar surface area (TPSA) is 52.1 Å². The zero-order valence-electron chi connectivity index (χ0n) is 18.2. The summed E-state index contributed by atoms with van der Waals surface area (Å²) in [5.41, 5.74) is 0.167. The molecule has 3 aliphatic rings. The molecular weight excluding hydrogens is 465 g/mol. The van der Waals surface area contributed by atoms with Crippen LogP contribution in [0.15, 0.2) is 4.99 Å². The highest BCUT2D eigenvalue weighted by Crippen LogP contribution is 2.26. The molecule has 3 fully saturated rings. The maximum Gasteiger partial charge on any atom is 0.191 e. The summed E-state index contributed by atoms with van der Waals surface area (Å²) in [4.78, 5) is 9.60. The van der Waals surface area contributed by atoms with Crippen molar-refractivity contribution in [1.29, 1.82) is 0 Å². The highest BCUT2D eigenvalue weighted by Gasteiger charge is 2.35. The van der Waals surface area contributed by atoms with Crippen molar-refractivity contribution in [1.82, 2.24) is 20.4 Å². The number of guanidine groups is 1. The van der Waals surface area contributed by atoms with Crippen LogP contribution in [0.25, 0.3) is 0 Å². The lowest BCUT2D eigenvalue weighted by atomic mass is 9.88. The Morgan fingerprint density at radius 2 is 1.71 bits per heavy atom. The van der Waals surface area contributed by atoms with E-state index in [2.05, 4.69) is 39.5 Å². The van der Waals surface area contributed by atoms with Crippen LogP contribution in [0.3, 0.4) is 0 Å². The summed E-state index contributed by atoms with van der Waals surface area (Å²) in [6.45, 7) is 5.09. The van der Waals surface area contributed by atoms with Crippen LogP contribution in [0.1, 0.15) is 57.8 Å². The van der Waals surface area contributed by atoms with E-state index in [0.717, 1.165) is 44.6 Å². The number of rotatable bonds is 5. The normalized spacial score (nSPS) is 25.4. The van der Waals surface area contributed by atoms with Crippen LogP contribution >= 0.6 is 24.0 Å². The van der Waals surface area contributed by atoms with Gasteiger partial charge < -0.3 is 25.2 Å². The zero-order chi connectivity index (χ0) is 19.1. The predicted octanol–water partition coefficient (Wildman–Crippen LogP) is 2.68. The monoisotopic (exact) mass is 507 g/mol. The minimum Gasteiger partial charge on any atom is -0.381 e. The molecule has 7 heteroatoms. The molecule has 2 saturated heterocycles. The molecule has 1 aliphatic carbocycles. The van der Waals surface area contributed by atoms with Gasteiger partial charge in [0, 0.05) is 57.5 Å². The first-order valence-electron chi connectivity index (χ1n) is 11.1. The van der Waals surface area contributed by atoms with Gasteiger partial charge in [0.25, 0.3) is 0 Å². The lowest BCUT2D eigenvalue weighted by Gasteiger charge is -2.43. The minimum absolute atomic E-state index is 0. The lowest BCUT2D eigenvalue weighted by Crippen LogP contribution is -2.58. The van der Waals surface area contributed by atoms with Crippen LogP contribution in [-0.4, -0.2) is 87.4 Å². The molecule has 2 heterocycles. The van der Waals surface area contributed by atoms with Gasteiger partial charge in [0.2, 0.25) is 0 Å². The molecule has 0 atom stereocenters. The maximum atomic E-state index is 5.58. The molecule has 0 radical (unpaired) electrons. The second-order valence-electron chi connectivity index (χ2n) is 8.90. The lowest BCUT2D eigenvalue weighted by molar-refractivity contribution is -0.00505. The van der Waals surface area contributed by atoms with E-state index in [1.165, 1.54) is 58.0 Å². The first-order chi connectivity index (χ1) is 13.1. The average molecular weight is 508 g/mol. The number of piperidine rings is 1. The van der Waals surface area contributed by atoms with Gasteiger partial charge in [-0.1, -0.05) is 19.3 Å². The Bertz CT molecular complexity index is 467. The Hall–Kier alpha value is -0.120. The van der Waals surface area contributed by atoms with Crippen molar-refractivity contribution in [3.05, 3.63) is 0 Å².